The zero-order chi connectivity index (χ0) is 14.5. The highest BCUT2D eigenvalue weighted by atomic mass is 16.5. The SMILES string of the molecule is CCC(C)C1CN(c2cccc(OC)c2)C(CC)CN1. The first-order valence-corrected chi connectivity index (χ1v) is 7.83. The third kappa shape index (κ3) is 3.26. The largest absolute Gasteiger partial charge is 0.497 e. The average molecular weight is 276 g/mol. The van der Waals surface area contributed by atoms with Gasteiger partial charge in [-0.25, -0.2) is 0 Å². The van der Waals surface area contributed by atoms with Crippen LogP contribution < -0.4 is 15.0 Å². The molecule has 3 unspecified atom stereocenters. The van der Waals surface area contributed by atoms with E-state index in [9.17, 15) is 0 Å². The van der Waals surface area contributed by atoms with Crippen LogP contribution in [0.5, 0.6) is 5.75 Å². The first-order chi connectivity index (χ1) is 9.69. The van der Waals surface area contributed by atoms with Gasteiger partial charge in [0, 0.05) is 36.9 Å². The summed E-state index contributed by atoms with van der Waals surface area (Å²) in [7, 11) is 1.73. The lowest BCUT2D eigenvalue weighted by atomic mass is 9.94. The second-order valence-electron chi connectivity index (χ2n) is 5.82. The van der Waals surface area contributed by atoms with Crippen LogP contribution in [0.2, 0.25) is 0 Å². The predicted octanol–water partition coefficient (Wildman–Crippen LogP) is 3.30. The van der Waals surface area contributed by atoms with Crippen molar-refractivity contribution in [2.75, 3.05) is 25.1 Å². The van der Waals surface area contributed by atoms with Crippen molar-refractivity contribution in [3.8, 4) is 5.75 Å². The maximum atomic E-state index is 5.37. The van der Waals surface area contributed by atoms with E-state index in [0.29, 0.717) is 18.0 Å². The number of rotatable bonds is 5. The van der Waals surface area contributed by atoms with Gasteiger partial charge in [0.1, 0.15) is 5.75 Å². The quantitative estimate of drug-likeness (QED) is 0.893. The molecule has 0 saturated carbocycles. The molecule has 20 heavy (non-hydrogen) atoms. The summed E-state index contributed by atoms with van der Waals surface area (Å²) < 4.78 is 5.37. The molecule has 0 bridgehead atoms. The van der Waals surface area contributed by atoms with Gasteiger partial charge in [-0.05, 0) is 24.5 Å². The van der Waals surface area contributed by atoms with Crippen molar-refractivity contribution in [2.24, 2.45) is 5.92 Å². The zero-order valence-corrected chi connectivity index (χ0v) is 13.2. The van der Waals surface area contributed by atoms with Crippen molar-refractivity contribution < 1.29 is 4.74 Å². The summed E-state index contributed by atoms with van der Waals surface area (Å²) >= 11 is 0. The molecule has 1 aromatic carbocycles. The van der Waals surface area contributed by atoms with Gasteiger partial charge in [0.2, 0.25) is 0 Å². The molecule has 3 heteroatoms. The Hall–Kier alpha value is -1.22. The lowest BCUT2D eigenvalue weighted by molar-refractivity contribution is 0.306. The summed E-state index contributed by atoms with van der Waals surface area (Å²) in [6, 6.07) is 9.60. The third-order valence-corrected chi connectivity index (χ3v) is 4.64. The summed E-state index contributed by atoms with van der Waals surface area (Å²) in [6.07, 6.45) is 2.39. The number of nitrogens with one attached hydrogen (secondary N) is 1. The Labute approximate surface area is 123 Å². The molecule has 1 N–H and O–H groups in total. The Morgan fingerprint density at radius 3 is 2.85 bits per heavy atom. The molecule has 0 amide bonds. The number of methoxy groups -OCH3 is 1. The minimum absolute atomic E-state index is 0.572. The van der Waals surface area contributed by atoms with E-state index in [-0.39, 0.29) is 0 Å². The van der Waals surface area contributed by atoms with E-state index < -0.39 is 0 Å². The number of hydrogen-bond donors (Lipinski definition) is 1. The minimum Gasteiger partial charge on any atom is -0.497 e. The zero-order valence-electron chi connectivity index (χ0n) is 13.2. The van der Waals surface area contributed by atoms with E-state index >= 15 is 0 Å². The Balaban J connectivity index is 2.19. The lowest BCUT2D eigenvalue weighted by Gasteiger charge is -2.43. The summed E-state index contributed by atoms with van der Waals surface area (Å²) in [4.78, 5) is 2.55. The maximum absolute atomic E-state index is 5.37. The highest BCUT2D eigenvalue weighted by Crippen LogP contribution is 2.27. The standard InChI is InChI=1S/C17H28N2O/c1-5-13(3)17-12-19(14(6-2)11-18-17)15-8-7-9-16(10-15)20-4/h7-10,13-14,17-18H,5-6,11-12H2,1-4H3. The van der Waals surface area contributed by atoms with Gasteiger partial charge in [-0.1, -0.05) is 33.3 Å². The van der Waals surface area contributed by atoms with Crippen molar-refractivity contribution in [1.29, 1.82) is 0 Å². The highest BCUT2D eigenvalue weighted by molar-refractivity contribution is 5.52. The first kappa shape index (κ1) is 15.2. The summed E-state index contributed by atoms with van der Waals surface area (Å²) in [5.74, 6) is 1.65. The van der Waals surface area contributed by atoms with E-state index in [1.807, 2.05) is 6.07 Å². The van der Waals surface area contributed by atoms with Gasteiger partial charge in [-0.3, -0.25) is 0 Å². The maximum Gasteiger partial charge on any atom is 0.120 e. The van der Waals surface area contributed by atoms with Crippen molar-refractivity contribution in [3.63, 3.8) is 0 Å². The molecular weight excluding hydrogens is 248 g/mol. The topological polar surface area (TPSA) is 24.5 Å². The van der Waals surface area contributed by atoms with Gasteiger partial charge >= 0.3 is 0 Å². The van der Waals surface area contributed by atoms with Crippen LogP contribution in [0.15, 0.2) is 24.3 Å². The van der Waals surface area contributed by atoms with Crippen molar-refractivity contribution in [3.05, 3.63) is 24.3 Å². The predicted molar refractivity (Wildman–Crippen MR) is 85.7 cm³/mol. The van der Waals surface area contributed by atoms with E-state index in [1.54, 1.807) is 7.11 Å². The van der Waals surface area contributed by atoms with Crippen LogP contribution in [0.4, 0.5) is 5.69 Å². The third-order valence-electron chi connectivity index (χ3n) is 4.64. The number of piperazine rings is 1. The molecule has 0 radical (unpaired) electrons. The number of nitrogens with zero attached hydrogens (tertiary/aromatic N) is 1. The van der Waals surface area contributed by atoms with E-state index in [2.05, 4.69) is 49.2 Å². The molecule has 1 fully saturated rings. The van der Waals surface area contributed by atoms with Gasteiger partial charge in [0.05, 0.1) is 7.11 Å². The Kier molecular flexibility index (Phi) is 5.30. The molecule has 3 atom stereocenters. The van der Waals surface area contributed by atoms with Gasteiger partial charge in [0.15, 0.2) is 0 Å². The summed E-state index contributed by atoms with van der Waals surface area (Å²) in [5.41, 5.74) is 1.28. The number of ether oxygens (including phenoxy) is 1. The van der Waals surface area contributed by atoms with Gasteiger partial charge in [0.25, 0.3) is 0 Å². The highest BCUT2D eigenvalue weighted by Gasteiger charge is 2.29. The fraction of sp³-hybridized carbons (Fsp3) is 0.647. The average Bonchev–Trinajstić information content (AvgIpc) is 2.53. The Morgan fingerprint density at radius 2 is 2.20 bits per heavy atom. The van der Waals surface area contributed by atoms with E-state index in [1.165, 1.54) is 12.1 Å². The number of benzene rings is 1. The molecule has 3 nitrogen and oxygen atoms in total. The summed E-state index contributed by atoms with van der Waals surface area (Å²) in [5, 5.41) is 3.73. The van der Waals surface area contributed by atoms with Gasteiger partial charge < -0.3 is 15.0 Å². The van der Waals surface area contributed by atoms with Crippen LogP contribution in [0.3, 0.4) is 0 Å². The van der Waals surface area contributed by atoms with Crippen LogP contribution >= 0.6 is 0 Å². The molecule has 1 heterocycles. The van der Waals surface area contributed by atoms with Crippen LogP contribution in [0, 0.1) is 5.92 Å². The molecule has 112 valence electrons. The van der Waals surface area contributed by atoms with Crippen LogP contribution in [-0.4, -0.2) is 32.3 Å². The molecule has 0 aliphatic carbocycles. The molecule has 0 aromatic heterocycles. The van der Waals surface area contributed by atoms with Crippen LogP contribution in [0.25, 0.3) is 0 Å². The first-order valence-electron chi connectivity index (χ1n) is 7.83. The minimum atomic E-state index is 0.572. The monoisotopic (exact) mass is 276 g/mol. The smallest absolute Gasteiger partial charge is 0.120 e. The van der Waals surface area contributed by atoms with Crippen molar-refractivity contribution >= 4 is 5.69 Å². The van der Waals surface area contributed by atoms with Gasteiger partial charge in [-0.2, -0.15) is 0 Å². The molecule has 1 aromatic rings. The molecule has 2 rings (SSSR count). The molecule has 1 saturated heterocycles. The second-order valence-corrected chi connectivity index (χ2v) is 5.82. The molecule has 0 spiro atoms. The van der Waals surface area contributed by atoms with Gasteiger partial charge in [-0.15, -0.1) is 0 Å². The summed E-state index contributed by atoms with van der Waals surface area (Å²) in [6.45, 7) is 9.04. The second kappa shape index (κ2) is 6.98. The Morgan fingerprint density at radius 1 is 1.40 bits per heavy atom. The fourth-order valence-corrected chi connectivity index (χ4v) is 2.96. The molecule has 1 aliphatic heterocycles. The van der Waals surface area contributed by atoms with Crippen molar-refractivity contribution in [2.45, 2.75) is 45.7 Å². The molecular formula is C17H28N2O. The van der Waals surface area contributed by atoms with Crippen molar-refractivity contribution in [1.82, 2.24) is 5.32 Å². The fourth-order valence-electron chi connectivity index (χ4n) is 2.96. The number of anilines is 1. The number of hydrogen-bond acceptors (Lipinski definition) is 3. The van der Waals surface area contributed by atoms with Crippen LogP contribution in [-0.2, 0) is 0 Å². The molecule has 1 aliphatic rings. The lowest BCUT2D eigenvalue weighted by Crippen LogP contribution is -2.58. The van der Waals surface area contributed by atoms with Crippen LogP contribution in [0.1, 0.15) is 33.6 Å². The Bertz CT molecular complexity index is 421. The van der Waals surface area contributed by atoms with E-state index in [0.717, 1.165) is 25.3 Å². The normalized spacial score (nSPS) is 24.5. The van der Waals surface area contributed by atoms with E-state index in [4.69, 9.17) is 4.74 Å².